The summed E-state index contributed by atoms with van der Waals surface area (Å²) < 4.78 is 10.4. The summed E-state index contributed by atoms with van der Waals surface area (Å²) in [7, 11) is 4.89. The van der Waals surface area contributed by atoms with E-state index in [2.05, 4.69) is 0 Å². The number of methoxy groups -OCH3 is 2. The molecule has 1 aromatic carbocycles. The fourth-order valence-corrected chi connectivity index (χ4v) is 2.64. The van der Waals surface area contributed by atoms with E-state index in [0.717, 1.165) is 12.8 Å². The normalized spacial score (nSPS) is 15.7. The van der Waals surface area contributed by atoms with Gasteiger partial charge in [-0.15, -0.1) is 0 Å². The Kier molecular flexibility index (Phi) is 4.83. The molecule has 0 N–H and O–H groups in total. The summed E-state index contributed by atoms with van der Waals surface area (Å²) in [5, 5.41) is 0. The van der Waals surface area contributed by atoms with E-state index in [0.29, 0.717) is 29.9 Å². The van der Waals surface area contributed by atoms with Crippen molar-refractivity contribution in [2.24, 2.45) is 0 Å². The second kappa shape index (κ2) is 6.61. The Morgan fingerprint density at radius 3 is 2.43 bits per heavy atom. The molecule has 5 nitrogen and oxygen atoms in total. The molecule has 5 heteroatoms. The first-order chi connectivity index (χ1) is 10.1. The van der Waals surface area contributed by atoms with Gasteiger partial charge in [0.05, 0.1) is 19.8 Å². The summed E-state index contributed by atoms with van der Waals surface area (Å²) in [6.07, 6.45) is 2.59. The van der Waals surface area contributed by atoms with Crippen LogP contribution in [-0.4, -0.2) is 43.9 Å². The second-order valence-corrected chi connectivity index (χ2v) is 5.25. The van der Waals surface area contributed by atoms with Gasteiger partial charge in [-0.25, -0.2) is 0 Å². The van der Waals surface area contributed by atoms with Gasteiger partial charge in [0, 0.05) is 32.0 Å². The summed E-state index contributed by atoms with van der Waals surface area (Å²) in [6.45, 7) is 0. The highest BCUT2D eigenvalue weighted by Gasteiger charge is 2.27. The van der Waals surface area contributed by atoms with Crippen LogP contribution in [0.4, 0.5) is 0 Å². The lowest BCUT2D eigenvalue weighted by Crippen LogP contribution is -2.39. The summed E-state index contributed by atoms with van der Waals surface area (Å²) in [5.74, 6) is 1.34. The summed E-state index contributed by atoms with van der Waals surface area (Å²) >= 11 is 0. The van der Waals surface area contributed by atoms with Gasteiger partial charge in [-0.05, 0) is 25.0 Å². The molecule has 1 saturated carbocycles. The highest BCUT2D eigenvalue weighted by Crippen LogP contribution is 2.27. The Balaban J connectivity index is 2.17. The molecule has 1 aliphatic carbocycles. The number of amides is 1. The third kappa shape index (κ3) is 3.35. The molecule has 0 saturated heterocycles. The first-order valence-electron chi connectivity index (χ1n) is 7.07. The molecule has 0 heterocycles. The Bertz CT molecular complexity index is 531. The number of carbonyl (C=O) groups is 2. The Labute approximate surface area is 124 Å². The topological polar surface area (TPSA) is 55.8 Å². The number of carbonyl (C=O) groups excluding carboxylic acids is 2. The van der Waals surface area contributed by atoms with Crippen LogP contribution in [0, 0.1) is 0 Å². The van der Waals surface area contributed by atoms with Crippen molar-refractivity contribution in [1.29, 1.82) is 0 Å². The van der Waals surface area contributed by atoms with Gasteiger partial charge >= 0.3 is 0 Å². The summed E-state index contributed by atoms with van der Waals surface area (Å²) in [4.78, 5) is 25.6. The molecule has 1 aliphatic rings. The average Bonchev–Trinajstić information content (AvgIpc) is 2.53. The van der Waals surface area contributed by atoms with Gasteiger partial charge in [0.15, 0.2) is 0 Å². The third-order valence-electron chi connectivity index (χ3n) is 4.02. The van der Waals surface area contributed by atoms with E-state index in [1.807, 2.05) is 0 Å². The lowest BCUT2D eigenvalue weighted by atomic mass is 9.93. The number of ether oxygens (including phenoxy) is 2. The van der Waals surface area contributed by atoms with E-state index < -0.39 is 0 Å². The molecule has 114 valence electrons. The molecule has 0 unspecified atom stereocenters. The Morgan fingerprint density at radius 1 is 1.19 bits per heavy atom. The van der Waals surface area contributed by atoms with E-state index in [1.165, 1.54) is 7.11 Å². The monoisotopic (exact) mass is 291 g/mol. The van der Waals surface area contributed by atoms with Crippen molar-refractivity contribution in [2.45, 2.75) is 31.7 Å². The van der Waals surface area contributed by atoms with E-state index in [1.54, 1.807) is 37.3 Å². The number of hydrogen-bond acceptors (Lipinski definition) is 4. The number of hydrogen-bond donors (Lipinski definition) is 0. The fourth-order valence-electron chi connectivity index (χ4n) is 2.64. The van der Waals surface area contributed by atoms with Gasteiger partial charge < -0.3 is 14.4 Å². The number of nitrogens with zero attached hydrogens (tertiary/aromatic N) is 1. The number of Topliss-reactive ketones (excluding diaryl/α,β-unsaturated/α-hetero) is 1. The maximum atomic E-state index is 12.6. The second-order valence-electron chi connectivity index (χ2n) is 5.25. The van der Waals surface area contributed by atoms with E-state index in [9.17, 15) is 9.59 Å². The van der Waals surface area contributed by atoms with Crippen LogP contribution in [0.2, 0.25) is 0 Å². The number of benzene rings is 1. The molecule has 0 atom stereocenters. The molecule has 21 heavy (non-hydrogen) atoms. The van der Waals surface area contributed by atoms with E-state index >= 15 is 0 Å². The van der Waals surface area contributed by atoms with Crippen molar-refractivity contribution in [3.05, 3.63) is 23.8 Å². The quantitative estimate of drug-likeness (QED) is 0.854. The van der Waals surface area contributed by atoms with Gasteiger partial charge in [-0.2, -0.15) is 0 Å². The average molecular weight is 291 g/mol. The van der Waals surface area contributed by atoms with Gasteiger partial charge in [-0.1, -0.05) is 0 Å². The minimum Gasteiger partial charge on any atom is -0.497 e. The summed E-state index contributed by atoms with van der Waals surface area (Å²) in [5.41, 5.74) is 0.512. The van der Waals surface area contributed by atoms with Gasteiger partial charge in [0.2, 0.25) is 0 Å². The molecule has 1 fully saturated rings. The molecule has 1 amide bonds. The molecule has 0 bridgehead atoms. The van der Waals surface area contributed by atoms with Gasteiger partial charge in [0.25, 0.3) is 5.91 Å². The maximum absolute atomic E-state index is 12.6. The highest BCUT2D eigenvalue weighted by atomic mass is 16.5. The summed E-state index contributed by atoms with van der Waals surface area (Å²) in [6, 6.07) is 5.27. The molecule has 2 rings (SSSR count). The maximum Gasteiger partial charge on any atom is 0.257 e. The number of rotatable bonds is 4. The minimum atomic E-state index is -0.0890. The largest absolute Gasteiger partial charge is 0.497 e. The molecule has 1 aromatic rings. The van der Waals surface area contributed by atoms with Crippen molar-refractivity contribution in [1.82, 2.24) is 4.90 Å². The molecular formula is C16H21NO4. The van der Waals surface area contributed by atoms with Crippen molar-refractivity contribution in [2.75, 3.05) is 21.3 Å². The van der Waals surface area contributed by atoms with Crippen molar-refractivity contribution >= 4 is 11.7 Å². The molecule has 0 aromatic heterocycles. The van der Waals surface area contributed by atoms with Crippen LogP contribution in [0.25, 0.3) is 0 Å². The standard InChI is InChI=1S/C16H21NO4/c1-17(11-4-6-12(18)7-5-11)16(19)14-9-8-13(20-2)10-15(14)21-3/h8-11H,4-7H2,1-3H3. The number of ketones is 1. The first-order valence-corrected chi connectivity index (χ1v) is 7.07. The van der Waals surface area contributed by atoms with Crippen molar-refractivity contribution in [3.63, 3.8) is 0 Å². The van der Waals surface area contributed by atoms with Crippen LogP contribution in [0.15, 0.2) is 18.2 Å². The smallest absolute Gasteiger partial charge is 0.257 e. The first kappa shape index (κ1) is 15.4. The Morgan fingerprint density at radius 2 is 1.86 bits per heavy atom. The zero-order chi connectivity index (χ0) is 15.4. The van der Waals surface area contributed by atoms with Crippen LogP contribution in [-0.2, 0) is 4.79 Å². The van der Waals surface area contributed by atoms with Crippen LogP contribution in [0.1, 0.15) is 36.0 Å². The minimum absolute atomic E-state index is 0.0890. The fraction of sp³-hybridized carbons (Fsp3) is 0.500. The van der Waals surface area contributed by atoms with Crippen LogP contribution in [0.3, 0.4) is 0 Å². The van der Waals surface area contributed by atoms with Crippen LogP contribution >= 0.6 is 0 Å². The predicted octanol–water partition coefficient (Wildman–Crippen LogP) is 2.29. The van der Waals surface area contributed by atoms with E-state index in [-0.39, 0.29) is 17.7 Å². The lowest BCUT2D eigenvalue weighted by Gasteiger charge is -2.31. The van der Waals surface area contributed by atoms with Crippen LogP contribution in [0.5, 0.6) is 11.5 Å². The Hall–Kier alpha value is -2.04. The third-order valence-corrected chi connectivity index (χ3v) is 4.02. The predicted molar refractivity (Wildman–Crippen MR) is 78.9 cm³/mol. The molecule has 0 radical (unpaired) electrons. The van der Waals surface area contributed by atoms with Crippen molar-refractivity contribution < 1.29 is 19.1 Å². The molecular weight excluding hydrogens is 270 g/mol. The van der Waals surface area contributed by atoms with Crippen LogP contribution < -0.4 is 9.47 Å². The SMILES string of the molecule is COc1ccc(C(=O)N(C)C2CCC(=O)CC2)c(OC)c1. The lowest BCUT2D eigenvalue weighted by molar-refractivity contribution is -0.121. The highest BCUT2D eigenvalue weighted by molar-refractivity contribution is 5.97. The molecule has 0 spiro atoms. The van der Waals surface area contributed by atoms with Crippen molar-refractivity contribution in [3.8, 4) is 11.5 Å². The zero-order valence-electron chi connectivity index (χ0n) is 12.7. The van der Waals surface area contributed by atoms with Gasteiger partial charge in [0.1, 0.15) is 17.3 Å². The molecule has 0 aliphatic heterocycles. The zero-order valence-corrected chi connectivity index (χ0v) is 12.7. The van der Waals surface area contributed by atoms with E-state index in [4.69, 9.17) is 9.47 Å². The van der Waals surface area contributed by atoms with Gasteiger partial charge in [-0.3, -0.25) is 9.59 Å².